The molecule has 92 valence electrons. The van der Waals surface area contributed by atoms with Crippen LogP contribution < -0.4 is 11.1 Å². The van der Waals surface area contributed by atoms with Crippen molar-refractivity contribution in [2.75, 3.05) is 11.1 Å². The summed E-state index contributed by atoms with van der Waals surface area (Å²) < 4.78 is 1.10. The molecule has 1 unspecified atom stereocenters. The van der Waals surface area contributed by atoms with Crippen LogP contribution in [0.5, 0.6) is 0 Å². The van der Waals surface area contributed by atoms with Gasteiger partial charge in [-0.15, -0.1) is 11.3 Å². The van der Waals surface area contributed by atoms with E-state index >= 15 is 0 Å². The van der Waals surface area contributed by atoms with Gasteiger partial charge in [0.1, 0.15) is 11.3 Å². The second-order valence-corrected chi connectivity index (χ2v) is 4.95. The number of benzene rings is 1. The Bertz CT molecular complexity index is 658. The summed E-state index contributed by atoms with van der Waals surface area (Å²) in [6.07, 6.45) is 3.54. The first-order valence-corrected chi connectivity index (χ1v) is 6.51. The van der Waals surface area contributed by atoms with Gasteiger partial charge in [0.05, 0.1) is 27.6 Å². The van der Waals surface area contributed by atoms with Crippen LogP contribution in [-0.4, -0.2) is 15.0 Å². The van der Waals surface area contributed by atoms with Crippen LogP contribution in [0, 0.1) is 0 Å². The van der Waals surface area contributed by atoms with Gasteiger partial charge in [0.15, 0.2) is 0 Å². The van der Waals surface area contributed by atoms with Crippen molar-refractivity contribution >= 4 is 32.9 Å². The number of hydrogen-bond acceptors (Lipinski definition) is 5. The van der Waals surface area contributed by atoms with E-state index in [-0.39, 0.29) is 6.04 Å². The van der Waals surface area contributed by atoms with E-state index in [2.05, 4.69) is 20.3 Å². The number of aromatic amines is 1. The first-order chi connectivity index (χ1) is 8.75. The van der Waals surface area contributed by atoms with Gasteiger partial charge in [0.2, 0.25) is 0 Å². The fourth-order valence-corrected chi connectivity index (χ4v) is 2.59. The molecule has 4 N–H and O–H groups in total. The van der Waals surface area contributed by atoms with Crippen LogP contribution in [0.15, 0.2) is 30.0 Å². The van der Waals surface area contributed by atoms with E-state index in [4.69, 9.17) is 5.73 Å². The van der Waals surface area contributed by atoms with Crippen LogP contribution in [0.25, 0.3) is 10.2 Å². The van der Waals surface area contributed by atoms with E-state index in [1.165, 1.54) is 0 Å². The van der Waals surface area contributed by atoms with Crippen molar-refractivity contribution in [1.82, 2.24) is 15.0 Å². The molecule has 0 aliphatic heterocycles. The van der Waals surface area contributed by atoms with Gasteiger partial charge in [0, 0.05) is 12.4 Å². The molecule has 1 aromatic carbocycles. The summed E-state index contributed by atoms with van der Waals surface area (Å²) in [5.41, 5.74) is 10.4. The number of nitrogens with two attached hydrogens (primary N) is 1. The molecular formula is C12H13N5S. The lowest BCUT2D eigenvalue weighted by atomic mass is 10.2. The second kappa shape index (κ2) is 4.30. The van der Waals surface area contributed by atoms with Crippen molar-refractivity contribution in [2.45, 2.75) is 13.0 Å². The summed E-state index contributed by atoms with van der Waals surface area (Å²) in [6.45, 7) is 2.03. The predicted molar refractivity (Wildman–Crippen MR) is 74.7 cm³/mol. The number of anilines is 2. The lowest BCUT2D eigenvalue weighted by Gasteiger charge is -2.14. The molecule has 2 heterocycles. The molecule has 0 bridgehead atoms. The van der Waals surface area contributed by atoms with Crippen LogP contribution in [0.1, 0.15) is 18.8 Å². The van der Waals surface area contributed by atoms with Crippen LogP contribution in [-0.2, 0) is 0 Å². The Hall–Kier alpha value is -2.08. The van der Waals surface area contributed by atoms with Crippen molar-refractivity contribution in [2.24, 2.45) is 0 Å². The minimum atomic E-state index is 0.0679. The molecule has 5 nitrogen and oxygen atoms in total. The molecule has 0 aliphatic rings. The second-order valence-electron chi connectivity index (χ2n) is 4.07. The monoisotopic (exact) mass is 259 g/mol. The third-order valence-corrected chi connectivity index (χ3v) is 3.64. The Morgan fingerprint density at radius 1 is 1.39 bits per heavy atom. The molecule has 0 saturated carbocycles. The third-order valence-electron chi connectivity index (χ3n) is 2.84. The number of thiazole rings is 1. The van der Waals surface area contributed by atoms with E-state index < -0.39 is 0 Å². The van der Waals surface area contributed by atoms with Gasteiger partial charge < -0.3 is 16.0 Å². The average Bonchev–Trinajstić information content (AvgIpc) is 3.02. The summed E-state index contributed by atoms with van der Waals surface area (Å²) in [7, 11) is 0. The summed E-state index contributed by atoms with van der Waals surface area (Å²) in [6, 6.07) is 4.08. The maximum Gasteiger partial charge on any atom is 0.128 e. The number of fused-ring (bicyclic) bond motifs is 1. The van der Waals surface area contributed by atoms with Gasteiger partial charge in [-0.05, 0) is 19.1 Å². The Labute approximate surface area is 108 Å². The normalized spacial score (nSPS) is 12.7. The van der Waals surface area contributed by atoms with Gasteiger partial charge in [-0.25, -0.2) is 9.97 Å². The van der Waals surface area contributed by atoms with E-state index in [1.807, 2.05) is 19.1 Å². The molecule has 0 radical (unpaired) electrons. The molecule has 1 atom stereocenters. The number of rotatable bonds is 3. The lowest BCUT2D eigenvalue weighted by Crippen LogP contribution is -2.10. The number of imidazole rings is 1. The highest BCUT2D eigenvalue weighted by molar-refractivity contribution is 7.16. The average molecular weight is 259 g/mol. The fraction of sp³-hybridized carbons (Fsp3) is 0.167. The van der Waals surface area contributed by atoms with Gasteiger partial charge in [-0.1, -0.05) is 0 Å². The minimum absolute atomic E-state index is 0.0679. The zero-order valence-electron chi connectivity index (χ0n) is 9.84. The smallest absolute Gasteiger partial charge is 0.128 e. The maximum absolute atomic E-state index is 6.12. The maximum atomic E-state index is 6.12. The number of nitrogens with zero attached hydrogens (tertiary/aromatic N) is 2. The van der Waals surface area contributed by atoms with Crippen molar-refractivity contribution in [3.8, 4) is 0 Å². The first-order valence-electron chi connectivity index (χ1n) is 5.63. The SMILES string of the molecule is CC(Nc1ccc2scnc2c1N)c1ncc[nH]1. The number of aromatic nitrogens is 3. The largest absolute Gasteiger partial charge is 0.395 e. The van der Waals surface area contributed by atoms with Gasteiger partial charge >= 0.3 is 0 Å². The summed E-state index contributed by atoms with van der Waals surface area (Å²) in [5.74, 6) is 0.882. The molecule has 2 aromatic heterocycles. The Morgan fingerprint density at radius 3 is 3.06 bits per heavy atom. The molecule has 18 heavy (non-hydrogen) atoms. The van der Waals surface area contributed by atoms with E-state index in [0.717, 1.165) is 21.7 Å². The van der Waals surface area contributed by atoms with Crippen LogP contribution in [0.4, 0.5) is 11.4 Å². The quantitative estimate of drug-likeness (QED) is 0.632. The zero-order valence-corrected chi connectivity index (χ0v) is 10.7. The molecule has 3 aromatic rings. The molecule has 0 fully saturated rings. The van der Waals surface area contributed by atoms with Gasteiger partial charge in [-0.3, -0.25) is 0 Å². The highest BCUT2D eigenvalue weighted by Gasteiger charge is 2.11. The minimum Gasteiger partial charge on any atom is -0.395 e. The van der Waals surface area contributed by atoms with E-state index in [9.17, 15) is 0 Å². The van der Waals surface area contributed by atoms with Crippen LogP contribution in [0.2, 0.25) is 0 Å². The zero-order chi connectivity index (χ0) is 12.5. The van der Waals surface area contributed by atoms with Gasteiger partial charge in [-0.2, -0.15) is 0 Å². The number of hydrogen-bond donors (Lipinski definition) is 3. The summed E-state index contributed by atoms with van der Waals surface area (Å²) >= 11 is 1.59. The Morgan fingerprint density at radius 2 is 2.28 bits per heavy atom. The molecule has 0 aliphatic carbocycles. The molecule has 6 heteroatoms. The molecule has 3 rings (SSSR count). The Balaban J connectivity index is 1.93. The lowest BCUT2D eigenvalue weighted by molar-refractivity contribution is 0.811. The fourth-order valence-electron chi connectivity index (χ4n) is 1.89. The number of H-pyrrole nitrogens is 1. The summed E-state index contributed by atoms with van der Waals surface area (Å²) in [5, 5.41) is 3.34. The van der Waals surface area contributed by atoms with Crippen LogP contribution >= 0.6 is 11.3 Å². The number of nitrogens with one attached hydrogen (secondary N) is 2. The van der Waals surface area contributed by atoms with Crippen molar-refractivity contribution < 1.29 is 0 Å². The van der Waals surface area contributed by atoms with Gasteiger partial charge in [0.25, 0.3) is 0 Å². The third kappa shape index (κ3) is 1.80. The predicted octanol–water partition coefficient (Wildman–Crippen LogP) is 2.77. The standard InChI is InChI=1S/C12H13N5S/c1-7(12-14-4-5-15-12)17-8-2-3-9-11(10(8)13)16-6-18-9/h2-7,17H,13H2,1H3,(H,14,15). The molecular weight excluding hydrogens is 246 g/mol. The molecule has 0 spiro atoms. The van der Waals surface area contributed by atoms with Crippen molar-refractivity contribution in [3.63, 3.8) is 0 Å². The number of nitrogen functional groups attached to an aromatic ring is 1. The molecule has 0 saturated heterocycles. The Kier molecular flexibility index (Phi) is 2.64. The molecule has 0 amide bonds. The highest BCUT2D eigenvalue weighted by atomic mass is 32.1. The van der Waals surface area contributed by atoms with Crippen molar-refractivity contribution in [3.05, 3.63) is 35.9 Å². The van der Waals surface area contributed by atoms with Crippen LogP contribution in [0.3, 0.4) is 0 Å². The van der Waals surface area contributed by atoms with Crippen molar-refractivity contribution in [1.29, 1.82) is 0 Å². The highest BCUT2D eigenvalue weighted by Crippen LogP contribution is 2.31. The first kappa shape index (κ1) is 11.0. The van der Waals surface area contributed by atoms with E-state index in [1.54, 1.807) is 29.2 Å². The summed E-state index contributed by atoms with van der Waals surface area (Å²) in [4.78, 5) is 11.6. The topological polar surface area (TPSA) is 79.6 Å². The van der Waals surface area contributed by atoms with E-state index in [0.29, 0.717) is 5.69 Å².